The molecule has 0 spiro atoms. The lowest BCUT2D eigenvalue weighted by atomic mass is 9.97. The molecule has 0 radical (unpaired) electrons. The van der Waals surface area contributed by atoms with Crippen molar-refractivity contribution >= 4 is 5.91 Å². The fraction of sp³-hybridized carbons (Fsp3) is 0.400. The molecule has 3 rings (SSSR count). The number of nitrogens with one attached hydrogen (secondary N) is 1. The molecule has 1 N–H and O–H groups in total. The fourth-order valence-corrected chi connectivity index (χ4v) is 2.52. The Hall–Kier alpha value is -2.25. The van der Waals surface area contributed by atoms with Gasteiger partial charge in [-0.1, -0.05) is 6.07 Å². The average molecular weight is 302 g/mol. The number of ether oxygens (including phenoxy) is 1. The summed E-state index contributed by atoms with van der Waals surface area (Å²) in [5.41, 5.74) is 4.31. The summed E-state index contributed by atoms with van der Waals surface area (Å²) < 4.78 is 7.37. The third kappa shape index (κ3) is 3.32. The van der Waals surface area contributed by atoms with Gasteiger partial charge in [-0.3, -0.25) is 19.3 Å². The average Bonchev–Trinajstić information content (AvgIpc) is 3.16. The first-order chi connectivity index (χ1) is 10.7. The summed E-state index contributed by atoms with van der Waals surface area (Å²) in [4.78, 5) is 21.5. The molecule has 0 bridgehead atoms. The largest absolute Gasteiger partial charge is 0.373 e. The van der Waals surface area contributed by atoms with Crippen LogP contribution in [-0.2, 0) is 28.0 Å². The van der Waals surface area contributed by atoms with E-state index in [4.69, 9.17) is 9.57 Å². The van der Waals surface area contributed by atoms with E-state index in [2.05, 4.69) is 15.6 Å². The maximum Gasteiger partial charge on any atom is 0.249 e. The van der Waals surface area contributed by atoms with Gasteiger partial charge in [-0.05, 0) is 18.1 Å². The molecule has 7 heteroatoms. The number of nitrogens with zero attached hydrogens (tertiary/aromatic N) is 3. The van der Waals surface area contributed by atoms with E-state index in [1.165, 1.54) is 0 Å². The Labute approximate surface area is 128 Å². The third-order valence-corrected chi connectivity index (χ3v) is 3.62. The number of amides is 1. The van der Waals surface area contributed by atoms with Crippen LogP contribution < -0.4 is 5.48 Å². The molecule has 0 unspecified atom stereocenters. The molecule has 1 aliphatic rings. The van der Waals surface area contributed by atoms with Gasteiger partial charge in [-0.2, -0.15) is 5.10 Å². The molecule has 0 aliphatic carbocycles. The Morgan fingerprint density at radius 1 is 1.55 bits per heavy atom. The lowest BCUT2D eigenvalue weighted by Gasteiger charge is -2.16. The maximum absolute atomic E-state index is 12.3. The van der Waals surface area contributed by atoms with Crippen LogP contribution in [0, 0.1) is 5.92 Å². The normalized spacial score (nSPS) is 21.0. The predicted octanol–water partition coefficient (Wildman–Crippen LogP) is 1.14. The van der Waals surface area contributed by atoms with Gasteiger partial charge in [-0.15, -0.1) is 0 Å². The predicted molar refractivity (Wildman–Crippen MR) is 77.2 cm³/mol. The molecular weight excluding hydrogens is 284 g/mol. The summed E-state index contributed by atoms with van der Waals surface area (Å²) in [6.45, 7) is 0.838. The maximum atomic E-state index is 12.3. The second-order valence-electron chi connectivity index (χ2n) is 5.25. The van der Waals surface area contributed by atoms with E-state index in [1.54, 1.807) is 23.3 Å². The number of rotatable bonds is 5. The molecule has 3 heterocycles. The highest BCUT2D eigenvalue weighted by Crippen LogP contribution is 2.34. The smallest absolute Gasteiger partial charge is 0.249 e. The summed E-state index contributed by atoms with van der Waals surface area (Å²) in [5, 5.41) is 4.12. The summed E-state index contributed by atoms with van der Waals surface area (Å²) in [7, 11) is 1.84. The van der Waals surface area contributed by atoms with Crippen molar-refractivity contribution in [1.29, 1.82) is 0 Å². The number of aromatic nitrogens is 3. The minimum Gasteiger partial charge on any atom is -0.373 e. The number of pyridine rings is 1. The summed E-state index contributed by atoms with van der Waals surface area (Å²) in [6.07, 6.45) is 7.39. The summed E-state index contributed by atoms with van der Waals surface area (Å²) in [6, 6.07) is 3.71. The van der Waals surface area contributed by atoms with E-state index < -0.39 is 0 Å². The molecule has 1 aliphatic heterocycles. The van der Waals surface area contributed by atoms with Gasteiger partial charge in [0, 0.05) is 37.8 Å². The molecule has 1 fully saturated rings. The van der Waals surface area contributed by atoms with Crippen molar-refractivity contribution in [3.05, 3.63) is 48.0 Å². The number of hydrogen-bond donors (Lipinski definition) is 1. The third-order valence-electron chi connectivity index (χ3n) is 3.62. The van der Waals surface area contributed by atoms with E-state index >= 15 is 0 Å². The van der Waals surface area contributed by atoms with Gasteiger partial charge in [0.2, 0.25) is 5.91 Å². The number of hydrogen-bond acceptors (Lipinski definition) is 5. The summed E-state index contributed by atoms with van der Waals surface area (Å²) in [5.74, 6) is -0.437. The Kier molecular flexibility index (Phi) is 4.45. The van der Waals surface area contributed by atoms with Gasteiger partial charge in [0.25, 0.3) is 0 Å². The van der Waals surface area contributed by atoms with Gasteiger partial charge in [0.1, 0.15) is 6.61 Å². The van der Waals surface area contributed by atoms with Gasteiger partial charge in [-0.25, -0.2) is 5.48 Å². The van der Waals surface area contributed by atoms with E-state index in [0.717, 1.165) is 11.1 Å². The SMILES string of the molecule is Cn1cc([C@@H]2OCC[C@H]2C(=O)NOCc2cccnc2)cn1. The topological polar surface area (TPSA) is 78.3 Å². The van der Waals surface area contributed by atoms with Gasteiger partial charge in [0.05, 0.1) is 18.2 Å². The molecule has 1 saturated heterocycles. The van der Waals surface area contributed by atoms with Crippen LogP contribution in [0.2, 0.25) is 0 Å². The highest BCUT2D eigenvalue weighted by Gasteiger charge is 2.36. The number of aryl methyl sites for hydroxylation is 1. The van der Waals surface area contributed by atoms with E-state index in [-0.39, 0.29) is 24.5 Å². The number of carbonyl (C=O) groups is 1. The van der Waals surface area contributed by atoms with Crippen molar-refractivity contribution < 1.29 is 14.4 Å². The molecule has 116 valence electrons. The molecule has 2 aromatic rings. The van der Waals surface area contributed by atoms with E-state index in [1.807, 2.05) is 25.4 Å². The van der Waals surface area contributed by atoms with Crippen LogP contribution >= 0.6 is 0 Å². The number of carbonyl (C=O) groups excluding carboxylic acids is 1. The van der Waals surface area contributed by atoms with Crippen molar-refractivity contribution in [3.8, 4) is 0 Å². The molecule has 22 heavy (non-hydrogen) atoms. The monoisotopic (exact) mass is 302 g/mol. The second kappa shape index (κ2) is 6.67. The van der Waals surface area contributed by atoms with Crippen LogP contribution in [-0.4, -0.2) is 27.3 Å². The molecular formula is C15H18N4O3. The molecule has 7 nitrogen and oxygen atoms in total. The Morgan fingerprint density at radius 2 is 2.45 bits per heavy atom. The Balaban J connectivity index is 1.55. The zero-order valence-electron chi connectivity index (χ0n) is 12.3. The fourth-order valence-electron chi connectivity index (χ4n) is 2.52. The van der Waals surface area contributed by atoms with Crippen molar-refractivity contribution in [3.63, 3.8) is 0 Å². The van der Waals surface area contributed by atoms with Crippen molar-refractivity contribution in [2.24, 2.45) is 13.0 Å². The first-order valence-electron chi connectivity index (χ1n) is 7.15. The van der Waals surface area contributed by atoms with Crippen LogP contribution in [0.15, 0.2) is 36.9 Å². The van der Waals surface area contributed by atoms with Crippen molar-refractivity contribution in [1.82, 2.24) is 20.2 Å². The minimum atomic E-state index is -0.268. The zero-order chi connectivity index (χ0) is 15.4. The highest BCUT2D eigenvalue weighted by atomic mass is 16.7. The highest BCUT2D eigenvalue weighted by molar-refractivity contribution is 5.78. The standard InChI is InChI=1S/C15H18N4O3/c1-19-9-12(8-17-19)14-13(4-6-21-14)15(20)18-22-10-11-3-2-5-16-7-11/h2-3,5,7-9,13-14H,4,6,10H2,1H3,(H,18,20)/t13-,14+/m1/s1. The molecule has 0 saturated carbocycles. The first-order valence-corrected chi connectivity index (χ1v) is 7.15. The van der Waals surface area contributed by atoms with Crippen LogP contribution in [0.3, 0.4) is 0 Å². The number of hydroxylamine groups is 1. The van der Waals surface area contributed by atoms with Gasteiger partial charge in [0.15, 0.2) is 0 Å². The minimum absolute atomic E-state index is 0.171. The lowest BCUT2D eigenvalue weighted by molar-refractivity contribution is -0.140. The van der Waals surface area contributed by atoms with Crippen LogP contribution in [0.5, 0.6) is 0 Å². The van der Waals surface area contributed by atoms with Crippen molar-refractivity contribution in [2.45, 2.75) is 19.1 Å². The Morgan fingerprint density at radius 3 is 3.18 bits per heavy atom. The van der Waals surface area contributed by atoms with Crippen LogP contribution in [0.4, 0.5) is 0 Å². The van der Waals surface area contributed by atoms with E-state index in [9.17, 15) is 4.79 Å². The summed E-state index contributed by atoms with van der Waals surface area (Å²) >= 11 is 0. The molecule has 2 atom stereocenters. The zero-order valence-corrected chi connectivity index (χ0v) is 12.3. The Bertz CT molecular complexity index is 629. The van der Waals surface area contributed by atoms with Gasteiger partial charge < -0.3 is 4.74 Å². The molecule has 1 amide bonds. The second-order valence-corrected chi connectivity index (χ2v) is 5.25. The van der Waals surface area contributed by atoms with Crippen LogP contribution in [0.1, 0.15) is 23.7 Å². The van der Waals surface area contributed by atoms with Crippen molar-refractivity contribution in [2.75, 3.05) is 6.61 Å². The molecule has 0 aromatic carbocycles. The first kappa shape index (κ1) is 14.7. The molecule has 2 aromatic heterocycles. The quantitative estimate of drug-likeness (QED) is 0.838. The van der Waals surface area contributed by atoms with E-state index in [0.29, 0.717) is 13.0 Å². The van der Waals surface area contributed by atoms with Gasteiger partial charge >= 0.3 is 0 Å². The van der Waals surface area contributed by atoms with Crippen LogP contribution in [0.25, 0.3) is 0 Å². The lowest BCUT2D eigenvalue weighted by Crippen LogP contribution is -2.32.